The van der Waals surface area contributed by atoms with Crippen molar-refractivity contribution >= 4 is 7.81 Å². The van der Waals surface area contributed by atoms with Gasteiger partial charge in [0.05, 0.1) is 0 Å². The van der Waals surface area contributed by atoms with Crippen LogP contribution in [-0.2, 0) is 23.5 Å². The van der Waals surface area contributed by atoms with Gasteiger partial charge in [-0.05, 0) is 28.7 Å². The summed E-state index contributed by atoms with van der Waals surface area (Å²) in [4.78, 5) is 0. The van der Waals surface area contributed by atoms with E-state index < -0.39 is 7.81 Å². The number of fused-ring (bicyclic) bond motifs is 3. The molecule has 1 aliphatic rings. The van der Waals surface area contributed by atoms with E-state index in [2.05, 4.69) is 48.5 Å². The molecule has 8 heteroatoms. The fraction of sp³-hybridized carbons (Fsp3) is 0.0769. The molecule has 0 nitrogen and oxygen atoms in total. The zero-order valence-corrected chi connectivity index (χ0v) is 12.4. The summed E-state index contributed by atoms with van der Waals surface area (Å²) in [6, 6.07) is 17.3. The van der Waals surface area contributed by atoms with Gasteiger partial charge in [0, 0.05) is 17.1 Å². The summed E-state index contributed by atoms with van der Waals surface area (Å²) in [6.07, 6.45) is 1.10. The predicted molar refractivity (Wildman–Crippen MR) is 69.4 cm³/mol. The van der Waals surface area contributed by atoms with Crippen molar-refractivity contribution in [1.29, 1.82) is 0 Å². The Bertz CT molecular complexity index is 602. The van der Waals surface area contributed by atoms with Crippen LogP contribution in [0.25, 0.3) is 11.1 Å². The van der Waals surface area contributed by atoms with E-state index in [1.165, 1.54) is 22.3 Å². The van der Waals surface area contributed by atoms with Crippen LogP contribution in [0.2, 0.25) is 0 Å². The smallest absolute Gasteiger partial charge is 0.0619 e. The Balaban J connectivity index is 0.000000434. The van der Waals surface area contributed by atoms with Crippen LogP contribution in [-0.4, -0.2) is 0 Å². The number of halogens is 6. The minimum atomic E-state index is -10.7. The van der Waals surface area contributed by atoms with Gasteiger partial charge in [0.25, 0.3) is 0 Å². The molecule has 3 rings (SSSR count). The van der Waals surface area contributed by atoms with E-state index in [4.69, 9.17) is 0 Å². The summed E-state index contributed by atoms with van der Waals surface area (Å²) < 4.78 is 59.2. The molecule has 0 aromatic heterocycles. The maximum atomic E-state index is 9.87. The first-order valence-electron chi connectivity index (χ1n) is 5.63. The molecular formula is C13H11F6FeP. The van der Waals surface area contributed by atoms with Gasteiger partial charge in [-0.25, -0.2) is 0 Å². The van der Waals surface area contributed by atoms with Gasteiger partial charge in [-0.1, -0.05) is 48.5 Å². The molecule has 0 fully saturated rings. The predicted octanol–water partition coefficient (Wildman–Crippen LogP) is 6.75. The molecule has 1 aliphatic carbocycles. The van der Waals surface area contributed by atoms with Crippen LogP contribution in [0.15, 0.2) is 48.5 Å². The molecule has 21 heavy (non-hydrogen) atoms. The van der Waals surface area contributed by atoms with Gasteiger partial charge in [-0.3, -0.25) is 0 Å². The minimum Gasteiger partial charge on any atom is -0.0619 e. The molecule has 118 valence electrons. The van der Waals surface area contributed by atoms with Crippen LogP contribution in [0.3, 0.4) is 0 Å². The van der Waals surface area contributed by atoms with Crippen LogP contribution in [0.1, 0.15) is 12.6 Å². The topological polar surface area (TPSA) is 0 Å². The summed E-state index contributed by atoms with van der Waals surface area (Å²) in [5.41, 5.74) is 5.75. The van der Waals surface area contributed by atoms with Crippen LogP contribution in [0, 0.1) is 0 Å². The Labute approximate surface area is 129 Å². The summed E-state index contributed by atoms with van der Waals surface area (Å²) in [6.45, 7) is 0. The molecule has 0 bridgehead atoms. The summed E-state index contributed by atoms with van der Waals surface area (Å²) in [5, 5.41) is 0. The van der Waals surface area contributed by atoms with Crippen molar-refractivity contribution in [2.45, 2.75) is 6.42 Å². The Hall–Kier alpha value is -1.03. The van der Waals surface area contributed by atoms with Gasteiger partial charge in [0.2, 0.25) is 0 Å². The second-order valence-corrected chi connectivity index (χ2v) is 6.37. The minimum absolute atomic E-state index is 0. The SMILES string of the molecule is F[P-](F)(F)(F)(F)F.[Fe].[H+].c1ccc2c(c1)Cc1ccccc1-2. The van der Waals surface area contributed by atoms with Crippen molar-refractivity contribution in [3.05, 3.63) is 59.7 Å². The molecule has 0 atom stereocenters. The van der Waals surface area contributed by atoms with Gasteiger partial charge in [-0.15, -0.1) is 0 Å². The Morgan fingerprint density at radius 2 is 0.952 bits per heavy atom. The van der Waals surface area contributed by atoms with E-state index in [9.17, 15) is 25.2 Å². The molecule has 0 heterocycles. The van der Waals surface area contributed by atoms with Crippen molar-refractivity contribution < 1.29 is 43.7 Å². The quantitative estimate of drug-likeness (QED) is 0.234. The van der Waals surface area contributed by atoms with Crippen LogP contribution < -0.4 is 0 Å². The molecule has 0 radical (unpaired) electrons. The van der Waals surface area contributed by atoms with Crippen molar-refractivity contribution in [3.8, 4) is 11.1 Å². The average Bonchev–Trinajstić information content (AvgIpc) is 2.63. The second kappa shape index (κ2) is 5.01. The van der Waals surface area contributed by atoms with Gasteiger partial charge in [0.1, 0.15) is 0 Å². The second-order valence-electron chi connectivity index (χ2n) is 4.45. The monoisotopic (exact) mass is 368 g/mol. The van der Waals surface area contributed by atoms with Crippen LogP contribution in [0.5, 0.6) is 0 Å². The van der Waals surface area contributed by atoms with Gasteiger partial charge in [0.15, 0.2) is 0 Å². The van der Waals surface area contributed by atoms with E-state index in [-0.39, 0.29) is 18.5 Å². The molecule has 2 aromatic rings. The average molecular weight is 368 g/mol. The van der Waals surface area contributed by atoms with Gasteiger partial charge in [-0.2, -0.15) is 0 Å². The first-order chi connectivity index (χ1) is 8.90. The zero-order valence-electron chi connectivity index (χ0n) is 11.4. The standard InChI is InChI=1S/C13H10.F6P.Fe/c1-3-7-12-10(5-1)9-11-6-2-4-8-13(11)12;1-7(2,3,4,5)6;/h1-8H,9H2;;/q;-1;/p+1. The van der Waals surface area contributed by atoms with Crippen molar-refractivity contribution in [1.82, 2.24) is 0 Å². The van der Waals surface area contributed by atoms with E-state index in [1.54, 1.807) is 0 Å². The molecule has 0 amide bonds. The van der Waals surface area contributed by atoms with Crippen LogP contribution >= 0.6 is 7.81 Å². The van der Waals surface area contributed by atoms with Gasteiger partial charge >= 0.3 is 34.4 Å². The van der Waals surface area contributed by atoms with Crippen LogP contribution in [0.4, 0.5) is 25.2 Å². The van der Waals surface area contributed by atoms with Crippen molar-refractivity contribution in [3.63, 3.8) is 0 Å². The molecular weight excluding hydrogens is 357 g/mol. The number of rotatable bonds is 0. The maximum absolute atomic E-state index is 10.7. The fourth-order valence-electron chi connectivity index (χ4n) is 2.08. The summed E-state index contributed by atoms with van der Waals surface area (Å²) >= 11 is 0. The molecule has 0 saturated heterocycles. The largest absolute Gasteiger partial charge is 1.00 e. The summed E-state index contributed by atoms with van der Waals surface area (Å²) in [7, 11) is -10.7. The third kappa shape index (κ3) is 6.51. The Morgan fingerprint density at radius 3 is 1.29 bits per heavy atom. The third-order valence-electron chi connectivity index (χ3n) is 2.71. The molecule has 2 aromatic carbocycles. The maximum Gasteiger partial charge on any atom is 1.00 e. The molecule has 0 spiro atoms. The third-order valence-corrected chi connectivity index (χ3v) is 2.71. The zero-order chi connectivity index (χ0) is 15.1. The first-order valence-corrected chi connectivity index (χ1v) is 7.65. The normalized spacial score (nSPS) is 15.3. The fourth-order valence-corrected chi connectivity index (χ4v) is 2.08. The Kier molecular flexibility index (Phi) is 4.30. The Morgan fingerprint density at radius 1 is 0.667 bits per heavy atom. The van der Waals surface area contributed by atoms with Crippen molar-refractivity contribution in [2.24, 2.45) is 0 Å². The van der Waals surface area contributed by atoms with Gasteiger partial charge < -0.3 is 0 Å². The van der Waals surface area contributed by atoms with E-state index >= 15 is 0 Å². The molecule has 0 N–H and O–H groups in total. The summed E-state index contributed by atoms with van der Waals surface area (Å²) in [5.74, 6) is 0. The molecule has 0 saturated carbocycles. The molecule has 0 unspecified atom stereocenters. The van der Waals surface area contributed by atoms with E-state index in [1.807, 2.05) is 0 Å². The number of hydrogen-bond donors (Lipinski definition) is 0. The molecule has 0 aliphatic heterocycles. The van der Waals surface area contributed by atoms with E-state index in [0.29, 0.717) is 0 Å². The number of benzene rings is 2. The first kappa shape index (κ1) is 18.0. The number of hydrogen-bond acceptors (Lipinski definition) is 0. The van der Waals surface area contributed by atoms with E-state index in [0.717, 1.165) is 6.42 Å². The van der Waals surface area contributed by atoms with Crippen molar-refractivity contribution in [2.75, 3.05) is 0 Å².